The van der Waals surface area contributed by atoms with Gasteiger partial charge in [-0.15, -0.1) is 3.71 Å². The third kappa shape index (κ3) is 14.4. The molecule has 0 spiro atoms. The molecule has 28 heavy (non-hydrogen) atoms. The van der Waals surface area contributed by atoms with Crippen molar-refractivity contribution in [1.29, 1.82) is 0 Å². The molecule has 0 unspecified atom stereocenters. The Morgan fingerprint density at radius 3 is 1.14 bits per heavy atom. The summed E-state index contributed by atoms with van der Waals surface area (Å²) in [5.74, 6) is -0.861. The van der Waals surface area contributed by atoms with Gasteiger partial charge in [0.05, 0.1) is 12.5 Å². The van der Waals surface area contributed by atoms with E-state index < -0.39 is 26.0 Å². The van der Waals surface area contributed by atoms with Gasteiger partial charge in [-0.2, -0.15) is 0 Å². The van der Waals surface area contributed by atoms with Crippen molar-refractivity contribution < 1.29 is 21.6 Å². The molecule has 0 saturated heterocycles. The molecule has 0 aromatic carbocycles. The summed E-state index contributed by atoms with van der Waals surface area (Å²) in [6.45, 7) is 2.24. The van der Waals surface area contributed by atoms with Crippen molar-refractivity contribution >= 4 is 26.0 Å². The predicted octanol–water partition coefficient (Wildman–Crippen LogP) is 5.00. The molecule has 0 bridgehead atoms. The Hall–Kier alpha value is -0.630. The Labute approximate surface area is 173 Å². The first-order chi connectivity index (χ1) is 13.1. The Balaban J connectivity index is 3.63. The second-order valence-electron chi connectivity index (χ2n) is 7.82. The second kappa shape index (κ2) is 15.2. The van der Waals surface area contributed by atoms with Crippen LogP contribution in [0.15, 0.2) is 0 Å². The average molecular weight is 440 g/mol. The van der Waals surface area contributed by atoms with Gasteiger partial charge in [-0.1, -0.05) is 96.8 Å². The predicted molar refractivity (Wildman–Crippen MR) is 116 cm³/mol. The van der Waals surface area contributed by atoms with Gasteiger partial charge in [-0.3, -0.25) is 4.79 Å². The number of amides is 1. The van der Waals surface area contributed by atoms with Crippen LogP contribution in [0.25, 0.3) is 0 Å². The van der Waals surface area contributed by atoms with Gasteiger partial charge in [-0.05, 0) is 6.42 Å². The van der Waals surface area contributed by atoms with Crippen molar-refractivity contribution in [2.45, 2.75) is 110 Å². The third-order valence-corrected chi connectivity index (χ3v) is 8.04. The number of hydrogen-bond acceptors (Lipinski definition) is 5. The summed E-state index contributed by atoms with van der Waals surface area (Å²) in [7, 11) is -8.19. The molecule has 1 amide bonds. The second-order valence-corrected chi connectivity index (χ2v) is 11.7. The van der Waals surface area contributed by atoms with Crippen molar-refractivity contribution in [3.8, 4) is 0 Å². The van der Waals surface area contributed by atoms with Crippen molar-refractivity contribution in [3.05, 3.63) is 0 Å². The number of rotatable bonds is 18. The quantitative estimate of drug-likeness (QED) is 0.281. The summed E-state index contributed by atoms with van der Waals surface area (Å²) >= 11 is 0. The number of carbonyl (C=O) groups excluding carboxylic acids is 1. The van der Waals surface area contributed by atoms with Crippen LogP contribution in [-0.4, -0.2) is 39.0 Å². The van der Waals surface area contributed by atoms with Crippen LogP contribution >= 0.6 is 0 Å². The van der Waals surface area contributed by atoms with Crippen LogP contribution in [0.5, 0.6) is 0 Å². The number of carbonyl (C=O) groups is 1. The third-order valence-electron chi connectivity index (χ3n) is 4.80. The van der Waals surface area contributed by atoms with E-state index in [4.69, 9.17) is 0 Å². The molecule has 168 valence electrons. The molecule has 8 heteroatoms. The minimum absolute atomic E-state index is 0.0177. The van der Waals surface area contributed by atoms with Gasteiger partial charge in [0.1, 0.15) is 0 Å². The Morgan fingerprint density at radius 2 is 0.857 bits per heavy atom. The van der Waals surface area contributed by atoms with Gasteiger partial charge in [0.15, 0.2) is 0 Å². The van der Waals surface area contributed by atoms with E-state index in [1.54, 1.807) is 0 Å². The molecule has 0 aliphatic carbocycles. The molecule has 0 atom stereocenters. The molecule has 0 aromatic rings. The van der Waals surface area contributed by atoms with Gasteiger partial charge < -0.3 is 0 Å². The smallest absolute Gasteiger partial charge is 0.250 e. The first kappa shape index (κ1) is 27.4. The molecular formula is C20H41NO5S2. The van der Waals surface area contributed by atoms with Crippen LogP contribution in [0, 0.1) is 0 Å². The molecule has 0 heterocycles. The molecule has 0 aromatic heterocycles. The van der Waals surface area contributed by atoms with E-state index in [1.165, 1.54) is 70.6 Å². The van der Waals surface area contributed by atoms with E-state index >= 15 is 0 Å². The van der Waals surface area contributed by atoms with E-state index in [9.17, 15) is 21.6 Å². The first-order valence-corrected chi connectivity index (χ1v) is 14.5. The number of sulfonamides is 2. The monoisotopic (exact) mass is 439 g/mol. The van der Waals surface area contributed by atoms with E-state index in [1.807, 2.05) is 0 Å². The number of hydrogen-bond donors (Lipinski definition) is 0. The van der Waals surface area contributed by atoms with Crippen LogP contribution < -0.4 is 0 Å². The Kier molecular flexibility index (Phi) is 14.9. The summed E-state index contributed by atoms with van der Waals surface area (Å²) < 4.78 is 46.0. The van der Waals surface area contributed by atoms with Crippen LogP contribution in [0.1, 0.15) is 110 Å². The summed E-state index contributed by atoms with van der Waals surface area (Å²) in [6, 6.07) is 0. The summed E-state index contributed by atoms with van der Waals surface area (Å²) in [4.78, 5) is 11.9. The minimum atomic E-state index is -4.10. The highest BCUT2D eigenvalue weighted by Crippen LogP contribution is 2.15. The fourth-order valence-corrected chi connectivity index (χ4v) is 6.24. The highest BCUT2D eigenvalue weighted by Gasteiger charge is 2.31. The maximum atomic E-state index is 11.9. The molecular weight excluding hydrogens is 398 g/mol. The largest absolute Gasteiger partial charge is 0.273 e. The normalized spacial score (nSPS) is 12.2. The lowest BCUT2D eigenvalue weighted by Crippen LogP contribution is -2.40. The fourth-order valence-electron chi connectivity index (χ4n) is 3.35. The fraction of sp³-hybridized carbons (Fsp3) is 0.950. The summed E-state index contributed by atoms with van der Waals surface area (Å²) in [5, 5.41) is 0. The van der Waals surface area contributed by atoms with Crippen LogP contribution in [0.4, 0.5) is 0 Å². The Bertz CT molecular complexity index is 583. The standard InChI is InChI=1S/C20H41NO5S2/c1-4-5-6-7-8-9-10-11-12-13-14-15-16-17-18-19-20(22)21(27(2,23)24)28(3,25)26/h4-19H2,1-3H3. The summed E-state index contributed by atoms with van der Waals surface area (Å²) in [6.07, 6.45) is 19.3. The lowest BCUT2D eigenvalue weighted by atomic mass is 10.0. The minimum Gasteiger partial charge on any atom is -0.273 e. The van der Waals surface area contributed by atoms with Gasteiger partial charge in [0, 0.05) is 6.42 Å². The Morgan fingerprint density at radius 1 is 0.571 bits per heavy atom. The highest BCUT2D eigenvalue weighted by atomic mass is 32.3. The number of nitrogens with zero attached hydrogens (tertiary/aromatic N) is 1. The number of unbranched alkanes of at least 4 members (excludes halogenated alkanes) is 14. The SMILES string of the molecule is CCCCCCCCCCCCCCCCCC(=O)N(S(C)(=O)=O)S(C)(=O)=O. The van der Waals surface area contributed by atoms with Crippen molar-refractivity contribution in [3.63, 3.8) is 0 Å². The maximum absolute atomic E-state index is 11.9. The van der Waals surface area contributed by atoms with E-state index in [-0.39, 0.29) is 10.1 Å². The maximum Gasteiger partial charge on any atom is 0.250 e. The van der Waals surface area contributed by atoms with Crippen molar-refractivity contribution in [1.82, 2.24) is 3.71 Å². The molecule has 0 radical (unpaired) electrons. The lowest BCUT2D eigenvalue weighted by molar-refractivity contribution is -0.123. The topological polar surface area (TPSA) is 88.6 Å². The zero-order chi connectivity index (χ0) is 21.5. The van der Waals surface area contributed by atoms with Gasteiger partial charge in [-0.25, -0.2) is 16.8 Å². The first-order valence-electron chi connectivity index (χ1n) is 10.8. The molecule has 0 N–H and O–H groups in total. The molecule has 0 aliphatic heterocycles. The highest BCUT2D eigenvalue weighted by molar-refractivity contribution is 8.04. The summed E-state index contributed by atoms with van der Waals surface area (Å²) in [5.41, 5.74) is 0. The average Bonchev–Trinajstić information content (AvgIpc) is 2.55. The van der Waals surface area contributed by atoms with Gasteiger partial charge in [0.25, 0.3) is 0 Å². The zero-order valence-electron chi connectivity index (χ0n) is 18.1. The van der Waals surface area contributed by atoms with Crippen LogP contribution in [0.3, 0.4) is 0 Å². The molecule has 0 rings (SSSR count). The zero-order valence-corrected chi connectivity index (χ0v) is 19.8. The van der Waals surface area contributed by atoms with Crippen LogP contribution in [0.2, 0.25) is 0 Å². The lowest BCUT2D eigenvalue weighted by Gasteiger charge is -2.17. The van der Waals surface area contributed by atoms with Gasteiger partial charge in [0.2, 0.25) is 26.0 Å². The molecule has 0 saturated carbocycles. The van der Waals surface area contributed by atoms with E-state index in [0.717, 1.165) is 31.8 Å². The van der Waals surface area contributed by atoms with Gasteiger partial charge >= 0.3 is 0 Å². The molecule has 0 fully saturated rings. The van der Waals surface area contributed by atoms with Crippen LogP contribution in [-0.2, 0) is 24.8 Å². The van der Waals surface area contributed by atoms with Crippen molar-refractivity contribution in [2.75, 3.05) is 12.5 Å². The molecule has 6 nitrogen and oxygen atoms in total. The molecule has 0 aliphatic rings. The van der Waals surface area contributed by atoms with E-state index in [0.29, 0.717) is 6.42 Å². The van der Waals surface area contributed by atoms with Crippen molar-refractivity contribution in [2.24, 2.45) is 0 Å². The van der Waals surface area contributed by atoms with E-state index in [2.05, 4.69) is 6.92 Å².